The zero-order chi connectivity index (χ0) is 53.8. The quantitative estimate of drug-likeness (QED) is 0.100. The van der Waals surface area contributed by atoms with Crippen molar-refractivity contribution in [3.8, 4) is 0 Å². The van der Waals surface area contributed by atoms with E-state index in [1.54, 1.807) is 18.2 Å². The number of carbonyl (C=O) groups is 8. The van der Waals surface area contributed by atoms with Gasteiger partial charge in [-0.1, -0.05) is 80.6 Å². The van der Waals surface area contributed by atoms with E-state index in [2.05, 4.69) is 5.32 Å². The lowest BCUT2D eigenvalue weighted by atomic mass is 9.44. The maximum Gasteiger partial charge on any atom is 0.350 e. The van der Waals surface area contributed by atoms with Crippen LogP contribution in [0.5, 0.6) is 0 Å². The Balaban J connectivity index is 1.45. The molecule has 11 atom stereocenters. The minimum absolute atomic E-state index is 0.0274. The highest BCUT2D eigenvalue weighted by molar-refractivity contribution is 5.96. The van der Waals surface area contributed by atoms with Crippen LogP contribution in [-0.4, -0.2) is 117 Å². The molecular weight excluding hydrogens is 899 g/mol. The highest BCUT2D eigenvalue weighted by atomic mass is 16.6. The summed E-state index contributed by atoms with van der Waals surface area (Å²) in [6, 6.07) is 20.4. The monoisotopic (exact) mass is 957 g/mol. The third-order valence-electron chi connectivity index (χ3n) is 14.0. The fraction of sp³-hybridized carbons (Fsp3) is 0.451. The predicted molar refractivity (Wildman–Crippen MR) is 238 cm³/mol. The first-order chi connectivity index (χ1) is 34.1. The minimum Gasteiger partial charge on any atom is -0.481 e. The summed E-state index contributed by atoms with van der Waals surface area (Å²) in [5, 5.41) is 38.3. The van der Waals surface area contributed by atoms with Crippen molar-refractivity contribution >= 4 is 47.5 Å². The van der Waals surface area contributed by atoms with E-state index in [0.29, 0.717) is 0 Å². The largest absolute Gasteiger partial charge is 0.481 e. The standard InChI is InChI=1S/C51H55NO17/c1-27-33(66-47(62)41(67-37(58)23-22-36(56)57)39(30-16-10-7-11-17-30)52-45(60)31-18-12-8-13-19-31)25-51(63)44(68-46(61)32-20-14-9-15-21-32)42-49(6,34(55)24-35-50(42,26-64-35)69-29(3)54)43(59)40(65-28(2)53)38(27)48(51,4)5/h7-21,33-35,39-42,44,55,63H,22-26H2,1-6H3,(H,52,60)(H,56,57)/t33-,34-,35+,39-,40+,41+,42-,44-,49+,50-,51+/m0/s1/i22D2,23D2. The molecule has 7 rings (SSSR count). The van der Waals surface area contributed by atoms with E-state index in [0.717, 1.165) is 13.8 Å². The van der Waals surface area contributed by atoms with Crippen LogP contribution < -0.4 is 5.32 Å². The van der Waals surface area contributed by atoms with Gasteiger partial charge in [-0.05, 0) is 54.8 Å². The normalized spacial score (nSPS) is 30.9. The number of Topliss-reactive ketones (excluding diaryl/α,β-unsaturated/α-hetero) is 1. The molecule has 0 radical (unpaired) electrons. The smallest absolute Gasteiger partial charge is 0.350 e. The molecule has 3 fully saturated rings. The molecule has 4 N–H and O–H groups in total. The predicted octanol–water partition coefficient (Wildman–Crippen LogP) is 4.15. The highest BCUT2D eigenvalue weighted by Gasteiger charge is 2.78. The molecular formula is C51H55NO17. The minimum atomic E-state index is -4.01. The van der Waals surface area contributed by atoms with Gasteiger partial charge in [-0.25, -0.2) is 9.59 Å². The number of carboxylic acids is 1. The molecule has 1 heterocycles. The van der Waals surface area contributed by atoms with Crippen LogP contribution in [-0.2, 0) is 57.2 Å². The van der Waals surface area contributed by atoms with Gasteiger partial charge < -0.3 is 49.1 Å². The lowest BCUT2D eigenvalue weighted by Crippen LogP contribution is -2.82. The number of ketones is 1. The number of rotatable bonds is 14. The number of benzene rings is 3. The van der Waals surface area contributed by atoms with E-state index < -0.39 is 144 Å². The first-order valence-electron chi connectivity index (χ1n) is 24.0. The SMILES string of the molecule is [2H]C([2H])(C(=O)O)C([2H])([2H])C(=O)O[C@@H](C(=O)O[C@H]1C[C@@]2(O)[C@@H](OC(=O)c3ccccc3)[C@@H]3[C@]4(OC(C)=O)CO[C@@H]4C[C@H](O)[C@@]3(C)C(=O)[C@H](OC(C)=O)C(=C1C)C2(C)C)[C@@H](NC(=O)c1ccccc1)c1ccccc1. The number of aliphatic hydroxyl groups is 2. The zero-order valence-corrected chi connectivity index (χ0v) is 38.5. The van der Waals surface area contributed by atoms with E-state index in [4.69, 9.17) is 33.9 Å². The summed E-state index contributed by atoms with van der Waals surface area (Å²) in [5.74, 6) is -12.8. The second-order valence-corrected chi connectivity index (χ2v) is 18.3. The molecule has 4 aliphatic rings. The molecule has 69 heavy (non-hydrogen) atoms. The Morgan fingerprint density at radius 1 is 0.841 bits per heavy atom. The van der Waals surface area contributed by atoms with Crippen molar-refractivity contribution in [3.63, 3.8) is 0 Å². The van der Waals surface area contributed by atoms with Crippen LogP contribution in [0.2, 0.25) is 0 Å². The number of esters is 5. The number of ether oxygens (including phenoxy) is 6. The molecule has 18 heteroatoms. The maximum absolute atomic E-state index is 15.7. The zero-order valence-electron chi connectivity index (χ0n) is 42.5. The first kappa shape index (κ1) is 44.7. The van der Waals surface area contributed by atoms with Crippen molar-refractivity contribution in [1.82, 2.24) is 5.32 Å². The highest BCUT2D eigenvalue weighted by Crippen LogP contribution is 2.64. The summed E-state index contributed by atoms with van der Waals surface area (Å²) in [6.07, 6.45) is -20.3. The van der Waals surface area contributed by atoms with Crippen molar-refractivity contribution in [2.75, 3.05) is 6.61 Å². The van der Waals surface area contributed by atoms with Gasteiger partial charge >= 0.3 is 35.8 Å². The van der Waals surface area contributed by atoms with Gasteiger partial charge in [0.2, 0.25) is 6.10 Å². The van der Waals surface area contributed by atoms with Gasteiger partial charge in [-0.3, -0.25) is 28.8 Å². The van der Waals surface area contributed by atoms with Crippen LogP contribution in [0.15, 0.2) is 102 Å². The van der Waals surface area contributed by atoms with Crippen molar-refractivity contribution in [2.45, 2.75) is 121 Å². The van der Waals surface area contributed by atoms with E-state index in [9.17, 15) is 44.1 Å². The van der Waals surface area contributed by atoms with Gasteiger partial charge in [0.05, 0.1) is 42.4 Å². The Hall–Kier alpha value is -6.76. The second-order valence-electron chi connectivity index (χ2n) is 18.3. The van der Waals surface area contributed by atoms with Gasteiger partial charge in [0.25, 0.3) is 5.91 Å². The first-order valence-corrected chi connectivity index (χ1v) is 22.0. The van der Waals surface area contributed by atoms with E-state index in [1.165, 1.54) is 100 Å². The summed E-state index contributed by atoms with van der Waals surface area (Å²) in [4.78, 5) is 111. The summed E-state index contributed by atoms with van der Waals surface area (Å²) in [6.45, 7) is 7.22. The van der Waals surface area contributed by atoms with Crippen LogP contribution in [0.4, 0.5) is 0 Å². The van der Waals surface area contributed by atoms with Crippen molar-refractivity contribution in [2.24, 2.45) is 16.7 Å². The molecule has 3 aromatic carbocycles. The van der Waals surface area contributed by atoms with Crippen LogP contribution in [0.25, 0.3) is 0 Å². The summed E-state index contributed by atoms with van der Waals surface area (Å²) >= 11 is 0. The van der Waals surface area contributed by atoms with Gasteiger partial charge in [0.15, 0.2) is 17.5 Å². The van der Waals surface area contributed by atoms with Crippen LogP contribution in [0, 0.1) is 16.7 Å². The third-order valence-corrected chi connectivity index (χ3v) is 14.0. The number of hydrogen-bond acceptors (Lipinski definition) is 16. The number of fused-ring (bicyclic) bond motifs is 5. The number of aliphatic carboxylic acids is 1. The van der Waals surface area contributed by atoms with Crippen LogP contribution in [0.3, 0.4) is 0 Å². The fourth-order valence-electron chi connectivity index (χ4n) is 10.5. The van der Waals surface area contributed by atoms with Gasteiger partial charge in [0, 0.05) is 43.2 Å². The summed E-state index contributed by atoms with van der Waals surface area (Å²) in [7, 11) is 0. The van der Waals surface area contributed by atoms with Crippen LogP contribution in [0.1, 0.15) is 105 Å². The van der Waals surface area contributed by atoms with Gasteiger partial charge in [0.1, 0.15) is 30.0 Å². The number of carbonyl (C=O) groups excluding carboxylic acids is 7. The Bertz CT molecular complexity index is 2740. The average Bonchev–Trinajstić information content (AvgIpc) is 3.33. The Morgan fingerprint density at radius 3 is 1.99 bits per heavy atom. The number of carboxylic acid groups (broad SMARTS) is 1. The number of hydrogen-bond donors (Lipinski definition) is 4. The van der Waals surface area contributed by atoms with E-state index in [1.807, 2.05) is 0 Å². The second kappa shape index (κ2) is 19.3. The van der Waals surface area contributed by atoms with E-state index >= 15 is 9.59 Å². The van der Waals surface area contributed by atoms with E-state index in [-0.39, 0.29) is 34.3 Å². The Kier molecular flexibility index (Phi) is 12.5. The maximum atomic E-state index is 15.7. The van der Waals surface area contributed by atoms with Crippen molar-refractivity contribution in [3.05, 3.63) is 119 Å². The molecule has 1 amide bonds. The summed E-state index contributed by atoms with van der Waals surface area (Å²) in [5.41, 5.74) is -8.86. The van der Waals surface area contributed by atoms with Crippen molar-refractivity contribution in [1.29, 1.82) is 0 Å². The van der Waals surface area contributed by atoms with Crippen molar-refractivity contribution < 1.29 is 87.6 Å². The number of aliphatic hydroxyl groups excluding tert-OH is 1. The Labute approximate surface area is 402 Å². The number of amides is 1. The molecule has 1 saturated heterocycles. The van der Waals surface area contributed by atoms with Gasteiger partial charge in [-0.15, -0.1) is 0 Å². The molecule has 2 bridgehead atoms. The molecule has 2 saturated carbocycles. The molecule has 3 aliphatic carbocycles. The Morgan fingerprint density at radius 2 is 1.43 bits per heavy atom. The number of nitrogens with one attached hydrogen (secondary N) is 1. The lowest BCUT2D eigenvalue weighted by Gasteiger charge is -2.67. The van der Waals surface area contributed by atoms with Gasteiger partial charge in [-0.2, -0.15) is 0 Å². The van der Waals surface area contributed by atoms with Crippen LogP contribution >= 0.6 is 0 Å². The molecule has 1 aliphatic heterocycles. The fourth-order valence-corrected chi connectivity index (χ4v) is 10.5. The molecule has 0 unspecified atom stereocenters. The molecule has 3 aromatic rings. The third kappa shape index (κ3) is 9.15. The molecule has 366 valence electrons. The average molecular weight is 958 g/mol. The topological polar surface area (TPSA) is 265 Å². The molecule has 0 spiro atoms. The molecule has 18 nitrogen and oxygen atoms in total. The molecule has 0 aromatic heterocycles. The lowest BCUT2D eigenvalue weighted by molar-refractivity contribution is -0.346. The summed E-state index contributed by atoms with van der Waals surface area (Å²) < 4.78 is 68.4.